The van der Waals surface area contributed by atoms with Gasteiger partial charge in [0, 0.05) is 24.4 Å². The Morgan fingerprint density at radius 3 is 3.33 bits per heavy atom. The molecule has 0 aromatic rings. The number of rotatable bonds is 2. The molecular weight excluding hydrogens is 246 g/mol. The van der Waals surface area contributed by atoms with Crippen LogP contribution in [0.15, 0.2) is 4.99 Å². The number of amidine groups is 1. The van der Waals surface area contributed by atoms with Crippen molar-refractivity contribution in [2.24, 2.45) is 4.99 Å². The predicted octanol–water partition coefficient (Wildman–Crippen LogP) is 1.32. The van der Waals surface area contributed by atoms with Gasteiger partial charge in [-0.3, -0.25) is 9.89 Å². The molecule has 0 radical (unpaired) electrons. The van der Waals surface area contributed by atoms with Crippen molar-refractivity contribution < 1.29 is 4.74 Å². The Balaban J connectivity index is 1.49. The summed E-state index contributed by atoms with van der Waals surface area (Å²) in [5, 5.41) is 4.56. The van der Waals surface area contributed by atoms with Gasteiger partial charge in [-0.05, 0) is 32.7 Å². The summed E-state index contributed by atoms with van der Waals surface area (Å²) in [4.78, 5) is 7.27. The van der Waals surface area contributed by atoms with Crippen LogP contribution in [0.2, 0.25) is 0 Å². The smallest absolute Gasteiger partial charge is 0.156 e. The quantitative estimate of drug-likeness (QED) is 0.820. The largest absolute Gasteiger partial charge is 0.373 e. The summed E-state index contributed by atoms with van der Waals surface area (Å²) < 4.78 is 5.92. The molecule has 0 aliphatic carbocycles. The summed E-state index contributed by atoms with van der Waals surface area (Å²) in [7, 11) is 0. The highest BCUT2D eigenvalue weighted by atomic mass is 32.2. The highest BCUT2D eigenvalue weighted by molar-refractivity contribution is 8.13. The lowest BCUT2D eigenvalue weighted by Gasteiger charge is -2.34. The average Bonchev–Trinajstić information content (AvgIpc) is 2.84. The number of hydrogen-bond donors (Lipinski definition) is 1. The van der Waals surface area contributed by atoms with Crippen LogP contribution in [0.25, 0.3) is 0 Å². The molecule has 0 aromatic heterocycles. The van der Waals surface area contributed by atoms with E-state index in [0.29, 0.717) is 18.2 Å². The van der Waals surface area contributed by atoms with Crippen LogP contribution in [-0.2, 0) is 4.74 Å². The molecule has 1 N–H and O–H groups in total. The first kappa shape index (κ1) is 12.8. The maximum absolute atomic E-state index is 5.92. The first-order valence-corrected chi connectivity index (χ1v) is 8.09. The standard InChI is InChI=1S/C13H23N3OS/c1-10-4-6-18-13(15-10)14-7-12-8-16-5-2-3-11(16)9-17-12/h10-12H,2-9H2,1H3,(H,14,15). The van der Waals surface area contributed by atoms with Crippen LogP contribution in [0.3, 0.4) is 0 Å². The molecule has 0 bridgehead atoms. The van der Waals surface area contributed by atoms with Gasteiger partial charge in [0.05, 0.1) is 19.3 Å². The number of fused-ring (bicyclic) bond motifs is 1. The maximum Gasteiger partial charge on any atom is 0.156 e. The minimum Gasteiger partial charge on any atom is -0.373 e. The molecule has 3 atom stereocenters. The third-order valence-electron chi connectivity index (χ3n) is 4.06. The SMILES string of the molecule is CC1CCSC(=NCC2CN3CCCC3CO2)N1. The molecule has 3 aliphatic heterocycles. The van der Waals surface area contributed by atoms with Crippen LogP contribution < -0.4 is 5.32 Å². The lowest BCUT2D eigenvalue weighted by molar-refractivity contribution is -0.0431. The average molecular weight is 269 g/mol. The van der Waals surface area contributed by atoms with Crippen molar-refractivity contribution in [2.75, 3.05) is 32.0 Å². The maximum atomic E-state index is 5.92. The topological polar surface area (TPSA) is 36.9 Å². The third kappa shape index (κ3) is 3.00. The molecule has 3 saturated heterocycles. The molecule has 0 saturated carbocycles. The van der Waals surface area contributed by atoms with Crippen LogP contribution in [-0.4, -0.2) is 60.2 Å². The van der Waals surface area contributed by atoms with Gasteiger partial charge in [-0.2, -0.15) is 0 Å². The van der Waals surface area contributed by atoms with Crippen LogP contribution in [0.4, 0.5) is 0 Å². The van der Waals surface area contributed by atoms with E-state index < -0.39 is 0 Å². The molecule has 0 aromatic carbocycles. The second kappa shape index (κ2) is 5.80. The number of nitrogens with one attached hydrogen (secondary N) is 1. The van der Waals surface area contributed by atoms with Gasteiger partial charge in [-0.1, -0.05) is 11.8 Å². The van der Waals surface area contributed by atoms with E-state index >= 15 is 0 Å². The molecule has 0 amide bonds. The Morgan fingerprint density at radius 2 is 2.44 bits per heavy atom. The van der Waals surface area contributed by atoms with E-state index in [1.165, 1.54) is 31.6 Å². The summed E-state index contributed by atoms with van der Waals surface area (Å²) in [6.45, 7) is 6.27. The Kier molecular flexibility index (Phi) is 4.11. The zero-order valence-electron chi connectivity index (χ0n) is 11.1. The predicted molar refractivity (Wildman–Crippen MR) is 76.3 cm³/mol. The second-order valence-corrected chi connectivity index (χ2v) is 6.66. The molecule has 5 heteroatoms. The van der Waals surface area contributed by atoms with E-state index in [1.807, 2.05) is 11.8 Å². The van der Waals surface area contributed by atoms with Gasteiger partial charge in [-0.15, -0.1) is 0 Å². The fourth-order valence-electron chi connectivity index (χ4n) is 2.93. The molecule has 3 unspecified atom stereocenters. The van der Waals surface area contributed by atoms with Crippen LogP contribution in [0.1, 0.15) is 26.2 Å². The fourth-order valence-corrected chi connectivity index (χ4v) is 4.04. The Labute approximate surface area is 114 Å². The van der Waals surface area contributed by atoms with Gasteiger partial charge in [0.2, 0.25) is 0 Å². The van der Waals surface area contributed by atoms with Crippen LogP contribution in [0, 0.1) is 0 Å². The van der Waals surface area contributed by atoms with E-state index in [-0.39, 0.29) is 0 Å². The van der Waals surface area contributed by atoms with E-state index in [0.717, 1.165) is 24.9 Å². The molecule has 18 heavy (non-hydrogen) atoms. The first-order valence-electron chi connectivity index (χ1n) is 7.10. The second-order valence-electron chi connectivity index (χ2n) is 5.57. The highest BCUT2D eigenvalue weighted by Crippen LogP contribution is 2.23. The highest BCUT2D eigenvalue weighted by Gasteiger charge is 2.32. The summed E-state index contributed by atoms with van der Waals surface area (Å²) in [5.41, 5.74) is 0. The van der Waals surface area contributed by atoms with E-state index in [9.17, 15) is 0 Å². The third-order valence-corrected chi connectivity index (χ3v) is 5.02. The van der Waals surface area contributed by atoms with Crippen molar-refractivity contribution in [2.45, 2.75) is 44.4 Å². The number of aliphatic imine (C=N–C) groups is 1. The van der Waals surface area contributed by atoms with Crippen molar-refractivity contribution >= 4 is 16.9 Å². The number of ether oxygens (including phenoxy) is 1. The van der Waals surface area contributed by atoms with Gasteiger partial charge in [0.15, 0.2) is 5.17 Å². The molecule has 3 heterocycles. The summed E-state index contributed by atoms with van der Waals surface area (Å²) in [6.07, 6.45) is 4.19. The van der Waals surface area contributed by atoms with E-state index in [4.69, 9.17) is 4.74 Å². The van der Waals surface area contributed by atoms with Gasteiger partial charge in [0.1, 0.15) is 0 Å². The lowest BCUT2D eigenvalue weighted by Crippen LogP contribution is -2.47. The monoisotopic (exact) mass is 269 g/mol. The van der Waals surface area contributed by atoms with Crippen molar-refractivity contribution in [3.05, 3.63) is 0 Å². The first-order chi connectivity index (χ1) is 8.81. The van der Waals surface area contributed by atoms with Gasteiger partial charge < -0.3 is 10.1 Å². The molecule has 102 valence electrons. The molecule has 4 nitrogen and oxygen atoms in total. The summed E-state index contributed by atoms with van der Waals surface area (Å²) in [5.74, 6) is 1.19. The fraction of sp³-hybridized carbons (Fsp3) is 0.923. The van der Waals surface area contributed by atoms with Crippen LogP contribution in [0.5, 0.6) is 0 Å². The Hall–Kier alpha value is -0.260. The Bertz CT molecular complexity index is 323. The zero-order chi connectivity index (χ0) is 12.4. The van der Waals surface area contributed by atoms with Gasteiger partial charge in [0.25, 0.3) is 0 Å². The molecule has 3 fully saturated rings. The minimum absolute atomic E-state index is 0.298. The van der Waals surface area contributed by atoms with Crippen molar-refractivity contribution in [3.8, 4) is 0 Å². The Morgan fingerprint density at radius 1 is 1.50 bits per heavy atom. The molecule has 3 aliphatic rings. The number of thioether (sulfide) groups is 1. The molecular formula is C13H23N3OS. The van der Waals surface area contributed by atoms with Gasteiger partial charge >= 0.3 is 0 Å². The van der Waals surface area contributed by atoms with Crippen LogP contribution >= 0.6 is 11.8 Å². The number of hydrogen-bond acceptors (Lipinski definition) is 4. The molecule has 3 rings (SSSR count). The van der Waals surface area contributed by atoms with Crippen molar-refractivity contribution in [1.29, 1.82) is 0 Å². The van der Waals surface area contributed by atoms with Crippen molar-refractivity contribution in [1.82, 2.24) is 10.2 Å². The number of nitrogens with zero attached hydrogens (tertiary/aromatic N) is 2. The normalized spacial score (nSPS) is 39.6. The summed E-state index contributed by atoms with van der Waals surface area (Å²) >= 11 is 1.84. The minimum atomic E-state index is 0.298. The van der Waals surface area contributed by atoms with E-state index in [2.05, 4.69) is 22.1 Å². The molecule has 0 spiro atoms. The van der Waals surface area contributed by atoms with Crippen molar-refractivity contribution in [3.63, 3.8) is 0 Å². The van der Waals surface area contributed by atoms with Gasteiger partial charge in [-0.25, -0.2) is 0 Å². The summed E-state index contributed by atoms with van der Waals surface area (Å²) in [6, 6.07) is 1.26. The zero-order valence-corrected chi connectivity index (χ0v) is 11.9. The van der Waals surface area contributed by atoms with E-state index in [1.54, 1.807) is 0 Å². The number of morpholine rings is 1. The lowest BCUT2D eigenvalue weighted by atomic mass is 10.2.